The molecule has 0 saturated carbocycles. The monoisotopic (exact) mass is 363 g/mol. The zero-order valence-corrected chi connectivity index (χ0v) is 14.8. The van der Waals surface area contributed by atoms with Crippen molar-refractivity contribution in [2.75, 3.05) is 13.1 Å². The molecule has 6 nitrogen and oxygen atoms in total. The number of aryl methyl sites for hydroxylation is 1. The molecular formula is C16H17N3O3S2. The number of thioether (sulfide) groups is 1. The molecule has 1 aromatic carbocycles. The summed E-state index contributed by atoms with van der Waals surface area (Å²) in [6, 6.07) is 5.12. The fourth-order valence-electron chi connectivity index (χ4n) is 3.02. The van der Waals surface area contributed by atoms with Crippen LogP contribution in [-0.2, 0) is 4.79 Å². The van der Waals surface area contributed by atoms with Gasteiger partial charge in [-0.3, -0.25) is 14.9 Å². The molecule has 0 atom stereocenters. The van der Waals surface area contributed by atoms with Gasteiger partial charge in [0, 0.05) is 19.2 Å². The van der Waals surface area contributed by atoms with E-state index in [9.17, 15) is 14.9 Å². The van der Waals surface area contributed by atoms with E-state index in [-0.39, 0.29) is 16.5 Å². The quantitative estimate of drug-likeness (QED) is 0.385. The highest BCUT2D eigenvalue weighted by atomic mass is 32.2. The minimum absolute atomic E-state index is 0.0225. The molecule has 2 aliphatic rings. The van der Waals surface area contributed by atoms with Crippen molar-refractivity contribution >= 4 is 45.6 Å². The SMILES string of the molecule is Cc1ccc(/C(=C2\SC(=S)NC2=O)N2CCCCC2)c([N+](=O)[O-])c1. The summed E-state index contributed by atoms with van der Waals surface area (Å²) in [4.78, 5) is 26.0. The van der Waals surface area contributed by atoms with Gasteiger partial charge in [0.15, 0.2) is 0 Å². The van der Waals surface area contributed by atoms with E-state index in [1.807, 2.05) is 13.0 Å². The number of thiocarbonyl (C=S) groups is 1. The standard InChI is InChI=1S/C16H17N3O3S2/c1-10-5-6-11(12(9-10)19(21)22)13(18-7-3-2-4-8-18)14-15(20)17-16(23)24-14/h5-6,9H,2-4,7-8H2,1H3,(H,17,20,23)/b14-13+. The molecule has 0 aliphatic carbocycles. The molecule has 8 heteroatoms. The van der Waals surface area contributed by atoms with Crippen LogP contribution in [0.3, 0.4) is 0 Å². The first-order chi connectivity index (χ1) is 11.5. The molecular weight excluding hydrogens is 346 g/mol. The Morgan fingerprint density at radius 1 is 1.33 bits per heavy atom. The molecule has 1 amide bonds. The van der Waals surface area contributed by atoms with Gasteiger partial charge in [0.1, 0.15) is 9.23 Å². The smallest absolute Gasteiger partial charge is 0.278 e. The predicted octanol–water partition coefficient (Wildman–Crippen LogP) is 3.21. The van der Waals surface area contributed by atoms with Crippen molar-refractivity contribution in [3.63, 3.8) is 0 Å². The minimum atomic E-state index is -0.386. The van der Waals surface area contributed by atoms with Crippen LogP contribution in [0.5, 0.6) is 0 Å². The number of amides is 1. The normalized spacial score (nSPS) is 20.1. The van der Waals surface area contributed by atoms with E-state index in [0.717, 1.165) is 37.9 Å². The summed E-state index contributed by atoms with van der Waals surface area (Å²) in [5, 5.41) is 14.2. The fourth-order valence-corrected chi connectivity index (χ4v) is 4.17. The van der Waals surface area contributed by atoms with Gasteiger partial charge in [-0.25, -0.2) is 0 Å². The predicted molar refractivity (Wildman–Crippen MR) is 98.5 cm³/mol. The maximum atomic E-state index is 12.3. The number of piperidine rings is 1. The van der Waals surface area contributed by atoms with E-state index in [1.165, 1.54) is 11.8 Å². The van der Waals surface area contributed by atoms with Crippen molar-refractivity contribution in [2.24, 2.45) is 0 Å². The highest BCUT2D eigenvalue weighted by Gasteiger charge is 2.33. The summed E-state index contributed by atoms with van der Waals surface area (Å²) in [7, 11) is 0. The highest BCUT2D eigenvalue weighted by Crippen LogP contribution is 2.39. The lowest BCUT2D eigenvalue weighted by Crippen LogP contribution is -2.30. The first kappa shape index (κ1) is 16.9. The maximum Gasteiger partial charge on any atom is 0.278 e. The van der Waals surface area contributed by atoms with Crippen molar-refractivity contribution < 1.29 is 9.72 Å². The van der Waals surface area contributed by atoms with Crippen LogP contribution in [0.15, 0.2) is 23.1 Å². The van der Waals surface area contributed by atoms with E-state index in [4.69, 9.17) is 12.2 Å². The Labute approximate surface area is 149 Å². The lowest BCUT2D eigenvalue weighted by molar-refractivity contribution is -0.385. The number of carbonyl (C=O) groups is 1. The Morgan fingerprint density at radius 2 is 2.04 bits per heavy atom. The third-order valence-corrected chi connectivity index (χ3v) is 5.33. The third kappa shape index (κ3) is 3.29. The summed E-state index contributed by atoms with van der Waals surface area (Å²) in [5.74, 6) is -0.277. The molecule has 0 radical (unpaired) electrons. The largest absolute Gasteiger partial charge is 0.370 e. The summed E-state index contributed by atoms with van der Waals surface area (Å²) < 4.78 is 0.388. The number of rotatable bonds is 3. The molecule has 0 aromatic heterocycles. The van der Waals surface area contributed by atoms with Gasteiger partial charge in [-0.15, -0.1) is 0 Å². The number of nitrogens with zero attached hydrogens (tertiary/aromatic N) is 2. The Hall–Kier alpha value is -1.93. The van der Waals surface area contributed by atoms with E-state index in [1.54, 1.807) is 12.1 Å². The molecule has 0 bridgehead atoms. The average Bonchev–Trinajstić information content (AvgIpc) is 2.88. The molecule has 126 valence electrons. The van der Waals surface area contributed by atoms with Crippen molar-refractivity contribution in [3.05, 3.63) is 44.3 Å². The number of likely N-dealkylation sites (tertiary alicyclic amines) is 1. The fraction of sp³-hybridized carbons (Fsp3) is 0.375. The lowest BCUT2D eigenvalue weighted by atomic mass is 10.0. The van der Waals surface area contributed by atoms with Crippen molar-refractivity contribution in [2.45, 2.75) is 26.2 Å². The number of nitro groups is 1. The van der Waals surface area contributed by atoms with E-state index in [2.05, 4.69) is 10.2 Å². The number of hydrogen-bond donors (Lipinski definition) is 1. The van der Waals surface area contributed by atoms with Crippen LogP contribution in [0.25, 0.3) is 5.70 Å². The van der Waals surface area contributed by atoms with Crippen LogP contribution in [0.1, 0.15) is 30.4 Å². The molecule has 1 N–H and O–H groups in total. The molecule has 0 unspecified atom stereocenters. The second-order valence-electron chi connectivity index (χ2n) is 5.85. The first-order valence-electron chi connectivity index (χ1n) is 7.75. The van der Waals surface area contributed by atoms with Gasteiger partial charge < -0.3 is 10.2 Å². The van der Waals surface area contributed by atoms with Gasteiger partial charge >= 0.3 is 0 Å². The molecule has 1 aromatic rings. The molecule has 24 heavy (non-hydrogen) atoms. The minimum Gasteiger partial charge on any atom is -0.370 e. The summed E-state index contributed by atoms with van der Waals surface area (Å²) in [6.45, 7) is 3.38. The first-order valence-corrected chi connectivity index (χ1v) is 8.97. The molecule has 2 aliphatic heterocycles. The zero-order valence-electron chi connectivity index (χ0n) is 13.2. The van der Waals surface area contributed by atoms with Crippen molar-refractivity contribution in [1.29, 1.82) is 0 Å². The van der Waals surface area contributed by atoms with Crippen LogP contribution < -0.4 is 5.32 Å². The Bertz CT molecular complexity index is 755. The molecule has 2 fully saturated rings. The van der Waals surface area contributed by atoms with Crippen LogP contribution in [0.4, 0.5) is 5.69 Å². The van der Waals surface area contributed by atoms with Gasteiger partial charge in [-0.2, -0.15) is 0 Å². The van der Waals surface area contributed by atoms with Crippen LogP contribution in [-0.4, -0.2) is 33.1 Å². The van der Waals surface area contributed by atoms with Crippen molar-refractivity contribution in [1.82, 2.24) is 10.2 Å². The topological polar surface area (TPSA) is 75.5 Å². The number of benzene rings is 1. The van der Waals surface area contributed by atoms with Crippen LogP contribution in [0.2, 0.25) is 0 Å². The van der Waals surface area contributed by atoms with E-state index in [0.29, 0.717) is 20.5 Å². The van der Waals surface area contributed by atoms with Gasteiger partial charge in [0.05, 0.1) is 16.2 Å². The number of nitro benzene ring substituents is 1. The number of nitrogens with one attached hydrogen (secondary N) is 1. The van der Waals surface area contributed by atoms with Crippen LogP contribution in [0, 0.1) is 17.0 Å². The Kier molecular flexibility index (Phi) is 4.86. The number of carbonyl (C=O) groups excluding carboxylic acids is 1. The van der Waals surface area contributed by atoms with E-state index < -0.39 is 0 Å². The lowest BCUT2D eigenvalue weighted by Gasteiger charge is -2.31. The summed E-state index contributed by atoms with van der Waals surface area (Å²) >= 11 is 6.27. The summed E-state index contributed by atoms with van der Waals surface area (Å²) in [6.07, 6.45) is 3.15. The average molecular weight is 363 g/mol. The van der Waals surface area contributed by atoms with Gasteiger partial charge in [-0.05, 0) is 37.8 Å². The molecule has 2 heterocycles. The maximum absolute atomic E-state index is 12.3. The second kappa shape index (κ2) is 6.90. The molecule has 2 saturated heterocycles. The summed E-state index contributed by atoms with van der Waals surface area (Å²) in [5.41, 5.74) is 1.94. The Morgan fingerprint density at radius 3 is 2.62 bits per heavy atom. The number of hydrogen-bond acceptors (Lipinski definition) is 6. The third-order valence-electron chi connectivity index (χ3n) is 4.11. The van der Waals surface area contributed by atoms with Crippen molar-refractivity contribution in [3.8, 4) is 0 Å². The van der Waals surface area contributed by atoms with Gasteiger partial charge in [0.2, 0.25) is 0 Å². The van der Waals surface area contributed by atoms with E-state index >= 15 is 0 Å². The van der Waals surface area contributed by atoms with Gasteiger partial charge in [0.25, 0.3) is 11.6 Å². The second-order valence-corrected chi connectivity index (χ2v) is 7.53. The molecule has 0 spiro atoms. The van der Waals surface area contributed by atoms with Crippen LogP contribution >= 0.6 is 24.0 Å². The van der Waals surface area contributed by atoms with Gasteiger partial charge in [-0.1, -0.05) is 30.0 Å². The Balaban J connectivity index is 2.19. The molecule has 3 rings (SSSR count). The zero-order chi connectivity index (χ0) is 17.3. The highest BCUT2D eigenvalue weighted by molar-refractivity contribution is 8.26.